The van der Waals surface area contributed by atoms with Crippen LogP contribution in [-0.2, 0) is 0 Å². The summed E-state index contributed by atoms with van der Waals surface area (Å²) in [6, 6.07) is 66.9. The fraction of sp³-hybridized carbons (Fsp3) is 0. The minimum atomic E-state index is 0.708. The molecule has 0 unspecified atom stereocenters. The van der Waals surface area contributed by atoms with Gasteiger partial charge in [-0.1, -0.05) is 115 Å². The molecule has 0 N–H and O–H groups in total. The monoisotopic (exact) mass is 688 g/mol. The highest BCUT2D eigenvalue weighted by Gasteiger charge is 2.18. The van der Waals surface area contributed by atoms with Crippen molar-refractivity contribution in [2.75, 3.05) is 0 Å². The highest BCUT2D eigenvalue weighted by Crippen LogP contribution is 2.38. The molecule has 4 heteroatoms. The van der Waals surface area contributed by atoms with Gasteiger partial charge in [0.25, 0.3) is 0 Å². The molecule has 3 aromatic heterocycles. The highest BCUT2D eigenvalue weighted by molar-refractivity contribution is 6.18. The Morgan fingerprint density at radius 1 is 0.370 bits per heavy atom. The first-order valence-electron chi connectivity index (χ1n) is 18.3. The Kier molecular flexibility index (Phi) is 6.82. The highest BCUT2D eigenvalue weighted by atomic mass is 15.0. The molecule has 8 aromatic carbocycles. The van der Waals surface area contributed by atoms with Gasteiger partial charge in [-0.2, -0.15) is 0 Å². The number of benzene rings is 8. The van der Waals surface area contributed by atoms with Crippen LogP contribution in [0.1, 0.15) is 0 Å². The minimum Gasteiger partial charge on any atom is -0.316 e. The van der Waals surface area contributed by atoms with Crippen LogP contribution in [0.2, 0.25) is 0 Å². The fourth-order valence-electron chi connectivity index (χ4n) is 8.15. The fourth-order valence-corrected chi connectivity index (χ4v) is 8.15. The topological polar surface area (TPSA) is 35.6 Å². The van der Waals surface area contributed by atoms with E-state index in [-0.39, 0.29) is 0 Å². The van der Waals surface area contributed by atoms with E-state index < -0.39 is 0 Å². The van der Waals surface area contributed by atoms with Gasteiger partial charge in [0.2, 0.25) is 0 Å². The lowest BCUT2D eigenvalue weighted by molar-refractivity contribution is 1.13. The number of fused-ring (bicyclic) bond motifs is 7. The van der Waals surface area contributed by atoms with E-state index in [0.29, 0.717) is 5.82 Å². The molecule has 0 bridgehead atoms. The van der Waals surface area contributed by atoms with Crippen molar-refractivity contribution in [2.24, 2.45) is 0 Å². The van der Waals surface area contributed by atoms with Gasteiger partial charge in [0.05, 0.1) is 27.8 Å². The Balaban J connectivity index is 1.03. The van der Waals surface area contributed by atoms with Crippen molar-refractivity contribution in [3.8, 4) is 45.1 Å². The maximum atomic E-state index is 5.26. The van der Waals surface area contributed by atoms with Gasteiger partial charge in [0.15, 0.2) is 5.82 Å². The summed E-state index contributed by atoms with van der Waals surface area (Å²) < 4.78 is 4.67. The lowest BCUT2D eigenvalue weighted by Crippen LogP contribution is -1.97. The van der Waals surface area contributed by atoms with Gasteiger partial charge in [-0.25, -0.2) is 9.97 Å². The van der Waals surface area contributed by atoms with E-state index in [9.17, 15) is 0 Å². The van der Waals surface area contributed by atoms with Crippen molar-refractivity contribution in [2.45, 2.75) is 0 Å². The van der Waals surface area contributed by atoms with Crippen LogP contribution in [0.3, 0.4) is 0 Å². The molecule has 0 amide bonds. The molecule has 252 valence electrons. The van der Waals surface area contributed by atoms with Crippen LogP contribution >= 0.6 is 0 Å². The molecule has 11 rings (SSSR count). The Labute approximate surface area is 311 Å². The zero-order valence-corrected chi connectivity index (χ0v) is 29.3. The Morgan fingerprint density at radius 3 is 1.85 bits per heavy atom. The minimum absolute atomic E-state index is 0.708. The van der Waals surface area contributed by atoms with E-state index in [1.54, 1.807) is 0 Å². The molecule has 0 saturated heterocycles. The van der Waals surface area contributed by atoms with Crippen LogP contribution in [0, 0.1) is 0 Å². The third kappa shape index (κ3) is 4.85. The molecular formula is C50H32N4. The number of hydrogen-bond acceptors (Lipinski definition) is 2. The van der Waals surface area contributed by atoms with Crippen LogP contribution < -0.4 is 0 Å². The second-order valence-electron chi connectivity index (χ2n) is 13.9. The first-order chi connectivity index (χ1) is 26.8. The van der Waals surface area contributed by atoms with Crippen LogP contribution in [-0.4, -0.2) is 19.1 Å². The predicted molar refractivity (Wildman–Crippen MR) is 225 cm³/mol. The summed E-state index contributed by atoms with van der Waals surface area (Å²) in [5.41, 5.74) is 12.1. The smallest absolute Gasteiger partial charge is 0.160 e. The van der Waals surface area contributed by atoms with Gasteiger partial charge in [-0.15, -0.1) is 0 Å². The van der Waals surface area contributed by atoms with Crippen molar-refractivity contribution in [3.63, 3.8) is 0 Å². The molecule has 0 radical (unpaired) electrons. The molecule has 0 aliphatic carbocycles. The van der Waals surface area contributed by atoms with Crippen LogP contribution in [0.5, 0.6) is 0 Å². The van der Waals surface area contributed by atoms with Gasteiger partial charge in [0.1, 0.15) is 0 Å². The van der Waals surface area contributed by atoms with Gasteiger partial charge in [0, 0.05) is 50.2 Å². The third-order valence-corrected chi connectivity index (χ3v) is 10.7. The number of nitrogens with zero attached hydrogens (tertiary/aromatic N) is 4. The molecule has 0 saturated carbocycles. The summed E-state index contributed by atoms with van der Waals surface area (Å²) in [5.74, 6) is 0.708. The molecule has 0 spiro atoms. The maximum absolute atomic E-state index is 5.26. The summed E-state index contributed by atoms with van der Waals surface area (Å²) in [6.07, 6.45) is 2.18. The largest absolute Gasteiger partial charge is 0.316 e. The van der Waals surface area contributed by atoms with Crippen molar-refractivity contribution in [3.05, 3.63) is 194 Å². The molecule has 0 aliphatic rings. The van der Waals surface area contributed by atoms with E-state index in [2.05, 4.69) is 197 Å². The molecule has 0 fully saturated rings. The average Bonchev–Trinajstić information content (AvgIpc) is 3.83. The first kappa shape index (κ1) is 30.3. The van der Waals surface area contributed by atoms with Crippen LogP contribution in [0.25, 0.3) is 99.5 Å². The number of rotatable bonds is 5. The number of hydrogen-bond donors (Lipinski definition) is 0. The molecule has 0 aliphatic heterocycles. The van der Waals surface area contributed by atoms with Crippen molar-refractivity contribution >= 4 is 54.4 Å². The van der Waals surface area contributed by atoms with E-state index in [0.717, 1.165) is 39.1 Å². The number of para-hydroxylation sites is 3. The summed E-state index contributed by atoms with van der Waals surface area (Å²) in [6.45, 7) is 0. The van der Waals surface area contributed by atoms with Gasteiger partial charge < -0.3 is 9.13 Å². The Bertz CT molecular complexity index is 3190. The standard InChI is InChI=1S/C50H32N4/c1-3-11-33(12-4-1)35-19-20-37-32-38(22-21-36(37)31-35)48-43-16-7-9-17-45(43)51-50(52-48)34-23-25-40(26-24-34)54-47-18-10-8-15-41(47)42-27-28-46-44(49(42)54)29-30-53(46)39-13-5-2-6-14-39/h1-32H. The van der Waals surface area contributed by atoms with E-state index >= 15 is 0 Å². The molecule has 4 nitrogen and oxygen atoms in total. The van der Waals surface area contributed by atoms with Crippen LogP contribution in [0.4, 0.5) is 0 Å². The normalized spacial score (nSPS) is 11.7. The predicted octanol–water partition coefficient (Wildman–Crippen LogP) is 12.8. The van der Waals surface area contributed by atoms with Gasteiger partial charge >= 0.3 is 0 Å². The van der Waals surface area contributed by atoms with Gasteiger partial charge in [-0.05, 0) is 94.7 Å². The Morgan fingerprint density at radius 2 is 1.04 bits per heavy atom. The molecule has 3 heterocycles. The number of aromatic nitrogens is 4. The van der Waals surface area contributed by atoms with E-state index in [1.165, 1.54) is 54.6 Å². The quantitative estimate of drug-likeness (QED) is 0.180. The maximum Gasteiger partial charge on any atom is 0.160 e. The van der Waals surface area contributed by atoms with Gasteiger partial charge in [-0.3, -0.25) is 0 Å². The first-order valence-corrected chi connectivity index (χ1v) is 18.3. The zero-order chi connectivity index (χ0) is 35.6. The molecule has 54 heavy (non-hydrogen) atoms. The van der Waals surface area contributed by atoms with Crippen molar-refractivity contribution in [1.82, 2.24) is 19.1 Å². The van der Waals surface area contributed by atoms with E-state index in [4.69, 9.17) is 9.97 Å². The van der Waals surface area contributed by atoms with Crippen molar-refractivity contribution < 1.29 is 0 Å². The van der Waals surface area contributed by atoms with E-state index in [1.807, 2.05) is 6.07 Å². The lowest BCUT2D eigenvalue weighted by atomic mass is 9.98. The third-order valence-electron chi connectivity index (χ3n) is 10.7. The average molecular weight is 689 g/mol. The Hall–Kier alpha value is -7.30. The summed E-state index contributed by atoms with van der Waals surface area (Å²) in [4.78, 5) is 10.3. The molecule has 11 aromatic rings. The SMILES string of the molecule is c1ccc(-c2ccc3cc(-c4nc(-c5ccc(-n6c7ccccc7c7ccc8c(ccn8-c8ccccc8)c76)cc5)nc5ccccc45)ccc3c2)cc1. The lowest BCUT2D eigenvalue weighted by Gasteiger charge is -2.12. The second-order valence-corrected chi connectivity index (χ2v) is 13.9. The zero-order valence-electron chi connectivity index (χ0n) is 29.3. The molecular weight excluding hydrogens is 657 g/mol. The summed E-state index contributed by atoms with van der Waals surface area (Å²) >= 11 is 0. The van der Waals surface area contributed by atoms with Crippen molar-refractivity contribution in [1.29, 1.82) is 0 Å². The van der Waals surface area contributed by atoms with Crippen LogP contribution in [0.15, 0.2) is 194 Å². The second kappa shape index (κ2) is 12.1. The summed E-state index contributed by atoms with van der Waals surface area (Å²) in [5, 5.41) is 7.11. The summed E-state index contributed by atoms with van der Waals surface area (Å²) in [7, 11) is 0. The molecule has 0 atom stereocenters.